The maximum atomic E-state index is 11.9. The summed E-state index contributed by atoms with van der Waals surface area (Å²) in [6.45, 7) is 0.386. The molecule has 0 aromatic heterocycles. The second kappa shape index (κ2) is 9.31. The van der Waals surface area contributed by atoms with Crippen molar-refractivity contribution in [1.29, 1.82) is 0 Å². The molecule has 1 rings (SSSR count). The molecule has 1 aromatic carbocycles. The predicted molar refractivity (Wildman–Crippen MR) is 81.5 cm³/mol. The van der Waals surface area contributed by atoms with E-state index in [2.05, 4.69) is 4.72 Å². The number of sulfonamides is 1. The molecule has 6 heteroatoms. The van der Waals surface area contributed by atoms with Crippen LogP contribution in [0.15, 0.2) is 47.4 Å². The average Bonchev–Trinajstić information content (AvgIpc) is 2.46. The first-order valence-corrected chi connectivity index (χ1v) is 8.42. The van der Waals surface area contributed by atoms with Gasteiger partial charge < -0.3 is 5.11 Å². The largest absolute Gasteiger partial charge is 0.481 e. The summed E-state index contributed by atoms with van der Waals surface area (Å²) < 4.78 is 26.3. The Morgan fingerprint density at radius 2 is 1.71 bits per heavy atom. The highest BCUT2D eigenvalue weighted by atomic mass is 32.2. The van der Waals surface area contributed by atoms with Crippen molar-refractivity contribution in [3.63, 3.8) is 0 Å². The monoisotopic (exact) mass is 311 g/mol. The van der Waals surface area contributed by atoms with Crippen LogP contribution in [0.1, 0.15) is 32.1 Å². The predicted octanol–water partition coefficient (Wildman–Crippen LogP) is 2.56. The van der Waals surface area contributed by atoms with E-state index >= 15 is 0 Å². The molecule has 0 unspecified atom stereocenters. The molecule has 0 aliphatic carbocycles. The lowest BCUT2D eigenvalue weighted by Gasteiger charge is -2.05. The smallest absolute Gasteiger partial charge is 0.303 e. The van der Waals surface area contributed by atoms with Crippen LogP contribution in [0.3, 0.4) is 0 Å². The van der Waals surface area contributed by atoms with Gasteiger partial charge in [0.25, 0.3) is 0 Å². The van der Waals surface area contributed by atoms with Crippen LogP contribution in [0.5, 0.6) is 0 Å². The van der Waals surface area contributed by atoms with Gasteiger partial charge in [-0.05, 0) is 37.8 Å². The van der Waals surface area contributed by atoms with E-state index in [4.69, 9.17) is 5.11 Å². The minimum Gasteiger partial charge on any atom is -0.481 e. The Bertz CT molecular complexity index is 552. The van der Waals surface area contributed by atoms with Crippen LogP contribution in [0, 0.1) is 0 Å². The van der Waals surface area contributed by atoms with Crippen molar-refractivity contribution in [2.75, 3.05) is 6.54 Å². The van der Waals surface area contributed by atoms with Gasteiger partial charge in [0.05, 0.1) is 4.90 Å². The number of benzene rings is 1. The van der Waals surface area contributed by atoms with Crippen molar-refractivity contribution in [1.82, 2.24) is 4.72 Å². The van der Waals surface area contributed by atoms with E-state index in [-0.39, 0.29) is 11.3 Å². The van der Waals surface area contributed by atoms with Crippen molar-refractivity contribution >= 4 is 16.0 Å². The van der Waals surface area contributed by atoms with Gasteiger partial charge in [-0.25, -0.2) is 13.1 Å². The average molecular weight is 311 g/mol. The quantitative estimate of drug-likeness (QED) is 0.514. The van der Waals surface area contributed by atoms with Gasteiger partial charge in [-0.2, -0.15) is 0 Å². The Balaban J connectivity index is 2.17. The van der Waals surface area contributed by atoms with E-state index in [1.165, 1.54) is 0 Å². The summed E-state index contributed by atoms with van der Waals surface area (Å²) in [5, 5.41) is 8.47. The summed E-state index contributed by atoms with van der Waals surface area (Å²) in [4.78, 5) is 10.6. The molecule has 5 nitrogen and oxygen atoms in total. The van der Waals surface area contributed by atoms with Gasteiger partial charge in [0.15, 0.2) is 0 Å². The number of hydrogen-bond donors (Lipinski definition) is 2. The third-order valence-corrected chi connectivity index (χ3v) is 4.30. The molecule has 0 bridgehead atoms. The van der Waals surface area contributed by atoms with E-state index < -0.39 is 16.0 Å². The van der Waals surface area contributed by atoms with Gasteiger partial charge in [-0.3, -0.25) is 4.79 Å². The molecule has 21 heavy (non-hydrogen) atoms. The Morgan fingerprint density at radius 1 is 1.10 bits per heavy atom. The van der Waals surface area contributed by atoms with Crippen LogP contribution in [-0.4, -0.2) is 26.0 Å². The molecule has 0 saturated heterocycles. The zero-order valence-corrected chi connectivity index (χ0v) is 12.7. The zero-order chi connectivity index (χ0) is 15.6. The lowest BCUT2D eigenvalue weighted by atomic mass is 10.2. The van der Waals surface area contributed by atoms with E-state index in [0.29, 0.717) is 19.4 Å². The minimum atomic E-state index is -3.41. The molecule has 2 N–H and O–H groups in total. The zero-order valence-electron chi connectivity index (χ0n) is 11.9. The second-order valence-electron chi connectivity index (χ2n) is 4.61. The molecule has 1 aromatic rings. The Labute approximate surface area is 125 Å². The Hall–Kier alpha value is -1.66. The van der Waals surface area contributed by atoms with Crippen LogP contribution in [0.25, 0.3) is 0 Å². The molecule has 0 aliphatic heterocycles. The number of allylic oxidation sites excluding steroid dienone is 2. The molecule has 0 atom stereocenters. The summed E-state index contributed by atoms with van der Waals surface area (Å²) in [6.07, 6.45) is 6.93. The number of aliphatic carboxylic acids is 1. The van der Waals surface area contributed by atoms with Crippen LogP contribution in [0.4, 0.5) is 0 Å². The molecule has 0 fully saturated rings. The first-order valence-electron chi connectivity index (χ1n) is 6.94. The fourth-order valence-electron chi connectivity index (χ4n) is 1.72. The molecule has 0 amide bonds. The Kier molecular flexibility index (Phi) is 7.71. The number of hydrogen-bond acceptors (Lipinski definition) is 3. The molecule has 0 heterocycles. The SMILES string of the molecule is O=C(O)CCC/C=C\CCCNS(=O)(=O)c1ccccc1. The highest BCUT2D eigenvalue weighted by Crippen LogP contribution is 2.07. The molecular weight excluding hydrogens is 290 g/mol. The van der Waals surface area contributed by atoms with E-state index in [0.717, 1.165) is 12.8 Å². The minimum absolute atomic E-state index is 0.182. The van der Waals surface area contributed by atoms with Crippen molar-refractivity contribution in [2.45, 2.75) is 37.0 Å². The Morgan fingerprint density at radius 3 is 2.33 bits per heavy atom. The van der Waals surface area contributed by atoms with Crippen molar-refractivity contribution in [2.24, 2.45) is 0 Å². The van der Waals surface area contributed by atoms with Gasteiger partial charge in [0.2, 0.25) is 10.0 Å². The number of nitrogens with one attached hydrogen (secondary N) is 1. The maximum Gasteiger partial charge on any atom is 0.303 e. The third-order valence-electron chi connectivity index (χ3n) is 2.82. The van der Waals surface area contributed by atoms with Crippen LogP contribution in [-0.2, 0) is 14.8 Å². The molecule has 116 valence electrons. The van der Waals surface area contributed by atoms with Crippen LogP contribution >= 0.6 is 0 Å². The first kappa shape index (κ1) is 17.4. The fraction of sp³-hybridized carbons (Fsp3) is 0.400. The highest BCUT2D eigenvalue weighted by Gasteiger charge is 2.11. The lowest BCUT2D eigenvalue weighted by Crippen LogP contribution is -2.24. The topological polar surface area (TPSA) is 83.5 Å². The van der Waals surface area contributed by atoms with Gasteiger partial charge in [-0.15, -0.1) is 0 Å². The molecule has 0 saturated carbocycles. The maximum absolute atomic E-state index is 11.9. The third kappa shape index (κ3) is 7.63. The summed E-state index contributed by atoms with van der Waals surface area (Å²) in [5.41, 5.74) is 0. The van der Waals surface area contributed by atoms with E-state index in [1.54, 1.807) is 30.3 Å². The van der Waals surface area contributed by atoms with Crippen LogP contribution in [0.2, 0.25) is 0 Å². The number of carboxylic acid groups (broad SMARTS) is 1. The summed E-state index contributed by atoms with van der Waals surface area (Å²) in [5.74, 6) is -0.779. The number of rotatable bonds is 10. The summed E-state index contributed by atoms with van der Waals surface area (Å²) in [6, 6.07) is 8.27. The van der Waals surface area contributed by atoms with Crippen molar-refractivity contribution in [3.8, 4) is 0 Å². The van der Waals surface area contributed by atoms with Crippen molar-refractivity contribution in [3.05, 3.63) is 42.5 Å². The molecule has 0 aliphatic rings. The number of carbonyl (C=O) groups is 1. The normalized spacial score (nSPS) is 11.8. The fourth-order valence-corrected chi connectivity index (χ4v) is 2.81. The van der Waals surface area contributed by atoms with E-state index in [1.807, 2.05) is 12.2 Å². The summed E-state index contributed by atoms with van der Waals surface area (Å²) >= 11 is 0. The van der Waals surface area contributed by atoms with Crippen LogP contribution < -0.4 is 4.72 Å². The standard InChI is InChI=1S/C15H21NO4S/c17-15(18)12-8-3-1-2-4-9-13-16-21(19,20)14-10-6-5-7-11-14/h1-2,5-7,10-11,16H,3-4,8-9,12-13H2,(H,17,18)/b2-1-. The first-order chi connectivity index (χ1) is 10.0. The second-order valence-corrected chi connectivity index (χ2v) is 6.38. The number of unbranched alkanes of at least 4 members (excludes halogenated alkanes) is 2. The molecule has 0 spiro atoms. The van der Waals surface area contributed by atoms with Crippen molar-refractivity contribution < 1.29 is 18.3 Å². The summed E-state index contributed by atoms with van der Waals surface area (Å²) in [7, 11) is -3.41. The number of carboxylic acids is 1. The lowest BCUT2D eigenvalue weighted by molar-refractivity contribution is -0.137. The van der Waals surface area contributed by atoms with Gasteiger partial charge >= 0.3 is 5.97 Å². The molecule has 0 radical (unpaired) electrons. The van der Waals surface area contributed by atoms with E-state index in [9.17, 15) is 13.2 Å². The molecular formula is C15H21NO4S. The highest BCUT2D eigenvalue weighted by molar-refractivity contribution is 7.89. The van der Waals surface area contributed by atoms with Gasteiger partial charge in [-0.1, -0.05) is 30.4 Å². The van der Waals surface area contributed by atoms with Gasteiger partial charge in [0.1, 0.15) is 0 Å². The van der Waals surface area contributed by atoms with Gasteiger partial charge in [0, 0.05) is 13.0 Å².